The maximum absolute atomic E-state index is 12.5. The predicted octanol–water partition coefficient (Wildman–Crippen LogP) is 3.73. The van der Waals surface area contributed by atoms with Crippen LogP contribution in [0.3, 0.4) is 0 Å². The van der Waals surface area contributed by atoms with E-state index in [1.807, 2.05) is 59.3 Å². The normalized spacial score (nSPS) is 10.9. The highest BCUT2D eigenvalue weighted by Gasteiger charge is 2.13. The molecule has 3 aromatic heterocycles. The van der Waals surface area contributed by atoms with Crippen molar-refractivity contribution >= 4 is 39.8 Å². The van der Waals surface area contributed by atoms with E-state index in [1.54, 1.807) is 17.3 Å². The van der Waals surface area contributed by atoms with Crippen molar-refractivity contribution in [3.63, 3.8) is 0 Å². The van der Waals surface area contributed by atoms with E-state index in [4.69, 9.17) is 0 Å². The number of hydrogen-bond acceptors (Lipinski definition) is 6. The quantitative estimate of drug-likeness (QED) is 0.544. The zero-order valence-electron chi connectivity index (χ0n) is 13.0. The number of benzene rings is 1. The van der Waals surface area contributed by atoms with Gasteiger partial charge in [-0.15, -0.1) is 22.0 Å². The van der Waals surface area contributed by atoms with Gasteiger partial charge < -0.3 is 4.40 Å². The summed E-state index contributed by atoms with van der Waals surface area (Å²) in [6.07, 6.45) is 3.98. The molecule has 0 bridgehead atoms. The number of pyridine rings is 1. The van der Waals surface area contributed by atoms with Crippen molar-refractivity contribution in [2.45, 2.75) is 10.6 Å². The van der Waals surface area contributed by atoms with Crippen molar-refractivity contribution in [3.05, 3.63) is 71.6 Å². The average molecular weight is 367 g/mol. The number of fused-ring (bicyclic) bond motifs is 1. The summed E-state index contributed by atoms with van der Waals surface area (Å²) in [5.74, 6) is 0.500. The first-order valence-corrected chi connectivity index (χ1v) is 9.38. The lowest BCUT2D eigenvalue weighted by molar-refractivity contribution is 0.102. The minimum Gasteiger partial charge on any atom is -0.307 e. The number of nitrogens with zero attached hydrogens (tertiary/aromatic N) is 4. The van der Waals surface area contributed by atoms with Gasteiger partial charge in [0.15, 0.2) is 0 Å². The number of anilines is 1. The minimum atomic E-state index is -0.185. The Labute approximate surface area is 151 Å². The highest BCUT2D eigenvalue weighted by atomic mass is 32.2. The molecule has 0 radical (unpaired) electrons. The Kier molecular flexibility index (Phi) is 4.45. The van der Waals surface area contributed by atoms with Crippen molar-refractivity contribution in [1.29, 1.82) is 0 Å². The zero-order valence-corrected chi connectivity index (χ0v) is 14.6. The first kappa shape index (κ1) is 15.8. The average Bonchev–Trinajstić information content (AvgIpc) is 3.29. The molecule has 0 atom stereocenters. The van der Waals surface area contributed by atoms with E-state index in [1.165, 1.54) is 11.3 Å². The zero-order chi connectivity index (χ0) is 17.1. The molecule has 4 rings (SSSR count). The fourth-order valence-corrected chi connectivity index (χ4v) is 3.75. The molecule has 0 saturated heterocycles. The van der Waals surface area contributed by atoms with Gasteiger partial charge in [-0.3, -0.25) is 10.1 Å². The second-order valence-electron chi connectivity index (χ2n) is 5.18. The smallest absolute Gasteiger partial charge is 0.258 e. The number of carbonyl (C=O) groups is 1. The number of carbonyl (C=O) groups excluding carboxylic acids is 1. The third kappa shape index (κ3) is 3.54. The van der Waals surface area contributed by atoms with Crippen LogP contribution in [0.5, 0.6) is 0 Å². The first-order chi connectivity index (χ1) is 12.3. The van der Waals surface area contributed by atoms with Gasteiger partial charge in [-0.25, -0.2) is 4.98 Å². The summed E-state index contributed by atoms with van der Waals surface area (Å²) in [5.41, 5.74) is 4.09. The fourth-order valence-electron chi connectivity index (χ4n) is 2.38. The van der Waals surface area contributed by atoms with Crippen LogP contribution in [0.15, 0.2) is 65.3 Å². The van der Waals surface area contributed by atoms with Gasteiger partial charge in [0.25, 0.3) is 5.91 Å². The van der Waals surface area contributed by atoms with E-state index < -0.39 is 0 Å². The number of thioether (sulfide) groups is 1. The Bertz CT molecular complexity index is 980. The molecule has 3 heterocycles. The molecular weight excluding hydrogens is 354 g/mol. The van der Waals surface area contributed by atoms with Gasteiger partial charge in [-0.2, -0.15) is 0 Å². The lowest BCUT2D eigenvalue weighted by atomic mass is 10.2. The van der Waals surface area contributed by atoms with E-state index in [0.29, 0.717) is 16.4 Å². The molecule has 8 heteroatoms. The van der Waals surface area contributed by atoms with Crippen LogP contribution >= 0.6 is 23.1 Å². The molecule has 0 aliphatic heterocycles. The molecule has 1 N–H and O–H groups in total. The number of rotatable bonds is 5. The monoisotopic (exact) mass is 367 g/mol. The Balaban J connectivity index is 1.51. The summed E-state index contributed by atoms with van der Waals surface area (Å²) in [6.45, 7) is 0. The van der Waals surface area contributed by atoms with Crippen LogP contribution in [0, 0.1) is 0 Å². The van der Waals surface area contributed by atoms with Crippen molar-refractivity contribution in [2.75, 3.05) is 5.32 Å². The second-order valence-corrected chi connectivity index (χ2v) is 7.03. The lowest BCUT2D eigenvalue weighted by Gasteiger charge is -2.07. The Morgan fingerprint density at radius 1 is 1.20 bits per heavy atom. The van der Waals surface area contributed by atoms with Gasteiger partial charge in [0, 0.05) is 23.0 Å². The van der Waals surface area contributed by atoms with Crippen molar-refractivity contribution in [3.8, 4) is 0 Å². The van der Waals surface area contributed by atoms with Crippen LogP contribution in [0.25, 0.3) is 5.65 Å². The molecule has 6 nitrogen and oxygen atoms in total. The summed E-state index contributed by atoms with van der Waals surface area (Å²) in [5, 5.41) is 10.8. The Morgan fingerprint density at radius 2 is 2.08 bits per heavy atom. The Hall–Kier alpha value is -2.71. The Morgan fingerprint density at radius 3 is 2.92 bits per heavy atom. The highest BCUT2D eigenvalue weighted by molar-refractivity contribution is 7.98. The van der Waals surface area contributed by atoms with Gasteiger partial charge in [0.05, 0.1) is 11.3 Å². The molecule has 1 amide bonds. The van der Waals surface area contributed by atoms with Crippen LogP contribution in [-0.4, -0.2) is 25.5 Å². The van der Waals surface area contributed by atoms with Crippen LogP contribution in [0.2, 0.25) is 0 Å². The van der Waals surface area contributed by atoms with Crippen LogP contribution in [0.1, 0.15) is 16.1 Å². The van der Waals surface area contributed by atoms with Crippen LogP contribution in [-0.2, 0) is 5.75 Å². The number of imidazole rings is 1. The lowest BCUT2D eigenvalue weighted by Crippen LogP contribution is -2.12. The molecule has 0 aliphatic carbocycles. The molecule has 0 unspecified atom stereocenters. The summed E-state index contributed by atoms with van der Waals surface area (Å²) >= 11 is 2.88. The van der Waals surface area contributed by atoms with Gasteiger partial charge >= 0.3 is 0 Å². The SMILES string of the molecule is O=C(Nc1nncs1)c1ccccc1SCc1cn2ccccc2n1. The molecule has 1 aromatic carbocycles. The van der Waals surface area contributed by atoms with Crippen LogP contribution < -0.4 is 5.32 Å². The summed E-state index contributed by atoms with van der Waals surface area (Å²) in [7, 11) is 0. The predicted molar refractivity (Wildman–Crippen MR) is 99.1 cm³/mol. The maximum Gasteiger partial charge on any atom is 0.258 e. The standard InChI is InChI=1S/C17H13N5OS2/c23-16(20-17-21-18-11-25-17)13-5-1-2-6-14(13)24-10-12-9-22-8-4-3-7-15(22)19-12/h1-9,11H,10H2,(H,20,21,23). The number of amides is 1. The van der Waals surface area contributed by atoms with E-state index in [0.717, 1.165) is 16.2 Å². The molecule has 0 aliphatic rings. The minimum absolute atomic E-state index is 0.185. The maximum atomic E-state index is 12.5. The summed E-state index contributed by atoms with van der Waals surface area (Å²) in [6, 6.07) is 13.4. The van der Waals surface area contributed by atoms with E-state index in [2.05, 4.69) is 20.5 Å². The molecule has 124 valence electrons. The third-order valence-electron chi connectivity index (χ3n) is 3.50. The van der Waals surface area contributed by atoms with Gasteiger partial charge in [-0.1, -0.05) is 29.5 Å². The molecule has 4 aromatic rings. The molecule has 0 fully saturated rings. The van der Waals surface area contributed by atoms with Crippen molar-refractivity contribution < 1.29 is 4.79 Å². The van der Waals surface area contributed by atoms with Gasteiger partial charge in [0.1, 0.15) is 11.2 Å². The first-order valence-electron chi connectivity index (χ1n) is 7.51. The molecule has 0 saturated carbocycles. The van der Waals surface area contributed by atoms with Gasteiger partial charge in [0.2, 0.25) is 5.13 Å². The molecular formula is C17H13N5OS2. The topological polar surface area (TPSA) is 72.2 Å². The number of hydrogen-bond donors (Lipinski definition) is 1. The van der Waals surface area contributed by atoms with E-state index in [9.17, 15) is 4.79 Å². The highest BCUT2D eigenvalue weighted by Crippen LogP contribution is 2.27. The van der Waals surface area contributed by atoms with Crippen molar-refractivity contribution in [2.24, 2.45) is 0 Å². The van der Waals surface area contributed by atoms with Gasteiger partial charge in [-0.05, 0) is 24.3 Å². The van der Waals surface area contributed by atoms with Crippen molar-refractivity contribution in [1.82, 2.24) is 19.6 Å². The molecule has 25 heavy (non-hydrogen) atoms. The summed E-state index contributed by atoms with van der Waals surface area (Å²) in [4.78, 5) is 18.0. The van der Waals surface area contributed by atoms with E-state index in [-0.39, 0.29) is 5.91 Å². The van der Waals surface area contributed by atoms with E-state index >= 15 is 0 Å². The fraction of sp³-hybridized carbons (Fsp3) is 0.0588. The van der Waals surface area contributed by atoms with Crippen LogP contribution in [0.4, 0.5) is 5.13 Å². The third-order valence-corrected chi connectivity index (χ3v) is 5.22. The number of nitrogens with one attached hydrogen (secondary N) is 1. The second kappa shape index (κ2) is 7.04. The number of aromatic nitrogens is 4. The largest absolute Gasteiger partial charge is 0.307 e. The molecule has 0 spiro atoms. The summed E-state index contributed by atoms with van der Waals surface area (Å²) < 4.78 is 1.99.